The van der Waals surface area contributed by atoms with Crippen molar-refractivity contribution in [3.05, 3.63) is 50.4 Å². The SMILES string of the molecule is NNC(Cc1ccc(Br)s1)c1cc(F)ccc1N. The number of hydrazine groups is 1. The molecule has 0 aliphatic heterocycles. The fourth-order valence-corrected chi connectivity index (χ4v) is 3.30. The van der Waals surface area contributed by atoms with Crippen molar-refractivity contribution >= 4 is 33.0 Å². The monoisotopic (exact) mass is 329 g/mol. The molecule has 5 N–H and O–H groups in total. The van der Waals surface area contributed by atoms with Gasteiger partial charge in [0, 0.05) is 17.0 Å². The number of nitrogen functional groups attached to an aromatic ring is 1. The van der Waals surface area contributed by atoms with Crippen LogP contribution < -0.4 is 17.0 Å². The number of hydrogen-bond donors (Lipinski definition) is 3. The van der Waals surface area contributed by atoms with Crippen LogP contribution in [0.5, 0.6) is 0 Å². The van der Waals surface area contributed by atoms with Crippen molar-refractivity contribution in [3.63, 3.8) is 0 Å². The zero-order valence-electron chi connectivity index (χ0n) is 9.49. The van der Waals surface area contributed by atoms with Gasteiger partial charge in [-0.1, -0.05) is 0 Å². The second-order valence-corrected chi connectivity index (χ2v) is 6.45. The third kappa shape index (κ3) is 3.08. The summed E-state index contributed by atoms with van der Waals surface area (Å²) >= 11 is 5.03. The van der Waals surface area contributed by atoms with Crippen LogP contribution in [0.3, 0.4) is 0 Å². The number of anilines is 1. The van der Waals surface area contributed by atoms with E-state index in [1.54, 1.807) is 17.4 Å². The summed E-state index contributed by atoms with van der Waals surface area (Å²) in [6.45, 7) is 0. The molecule has 1 aromatic carbocycles. The van der Waals surface area contributed by atoms with E-state index in [1.165, 1.54) is 12.1 Å². The van der Waals surface area contributed by atoms with Crippen LogP contribution in [0.2, 0.25) is 0 Å². The molecule has 0 fully saturated rings. The minimum atomic E-state index is -0.313. The topological polar surface area (TPSA) is 64.1 Å². The van der Waals surface area contributed by atoms with E-state index < -0.39 is 0 Å². The second-order valence-electron chi connectivity index (χ2n) is 3.90. The van der Waals surface area contributed by atoms with Gasteiger partial charge >= 0.3 is 0 Å². The van der Waals surface area contributed by atoms with Gasteiger partial charge < -0.3 is 5.73 Å². The van der Waals surface area contributed by atoms with Gasteiger partial charge in [0.25, 0.3) is 0 Å². The first-order valence-corrected chi connectivity index (χ1v) is 6.96. The van der Waals surface area contributed by atoms with E-state index in [2.05, 4.69) is 21.4 Å². The lowest BCUT2D eigenvalue weighted by atomic mass is 10.0. The molecule has 0 spiro atoms. The lowest BCUT2D eigenvalue weighted by Gasteiger charge is -2.17. The van der Waals surface area contributed by atoms with Crippen molar-refractivity contribution in [1.82, 2.24) is 5.43 Å². The van der Waals surface area contributed by atoms with Crippen molar-refractivity contribution in [2.45, 2.75) is 12.5 Å². The minimum Gasteiger partial charge on any atom is -0.398 e. The summed E-state index contributed by atoms with van der Waals surface area (Å²) in [7, 11) is 0. The van der Waals surface area contributed by atoms with Crippen LogP contribution in [-0.4, -0.2) is 0 Å². The number of rotatable bonds is 4. The van der Waals surface area contributed by atoms with E-state index in [4.69, 9.17) is 11.6 Å². The highest BCUT2D eigenvalue weighted by molar-refractivity contribution is 9.11. The Morgan fingerprint density at radius 1 is 1.33 bits per heavy atom. The van der Waals surface area contributed by atoms with Crippen LogP contribution in [0.15, 0.2) is 34.1 Å². The average Bonchev–Trinajstić information content (AvgIpc) is 2.75. The van der Waals surface area contributed by atoms with Crippen LogP contribution in [0.25, 0.3) is 0 Å². The zero-order valence-corrected chi connectivity index (χ0v) is 11.9. The highest BCUT2D eigenvalue weighted by atomic mass is 79.9. The summed E-state index contributed by atoms with van der Waals surface area (Å²) in [6.07, 6.45) is 0.667. The second kappa shape index (κ2) is 5.79. The van der Waals surface area contributed by atoms with E-state index >= 15 is 0 Å². The van der Waals surface area contributed by atoms with Gasteiger partial charge in [-0.25, -0.2) is 4.39 Å². The number of benzene rings is 1. The first kappa shape index (κ1) is 13.5. The van der Waals surface area contributed by atoms with Crippen LogP contribution in [0.1, 0.15) is 16.5 Å². The Morgan fingerprint density at radius 2 is 2.11 bits per heavy atom. The Kier molecular flexibility index (Phi) is 4.34. The third-order valence-electron chi connectivity index (χ3n) is 2.66. The number of thiophene rings is 1. The Hall–Kier alpha value is -0.950. The Bertz CT molecular complexity index is 544. The van der Waals surface area contributed by atoms with Crippen LogP contribution in [0, 0.1) is 5.82 Å². The summed E-state index contributed by atoms with van der Waals surface area (Å²) in [5.74, 6) is 5.23. The number of halogens is 2. The molecule has 0 amide bonds. The first-order valence-electron chi connectivity index (χ1n) is 5.35. The van der Waals surface area contributed by atoms with Gasteiger partial charge in [-0.15, -0.1) is 11.3 Å². The van der Waals surface area contributed by atoms with Crippen molar-refractivity contribution in [2.24, 2.45) is 5.84 Å². The Labute approximate surface area is 117 Å². The van der Waals surface area contributed by atoms with Crippen molar-refractivity contribution in [1.29, 1.82) is 0 Å². The van der Waals surface area contributed by atoms with Crippen LogP contribution in [0.4, 0.5) is 10.1 Å². The van der Waals surface area contributed by atoms with Crippen molar-refractivity contribution < 1.29 is 4.39 Å². The molecule has 1 unspecified atom stereocenters. The normalized spacial score (nSPS) is 12.6. The van der Waals surface area contributed by atoms with Gasteiger partial charge in [-0.2, -0.15) is 0 Å². The maximum absolute atomic E-state index is 13.3. The largest absolute Gasteiger partial charge is 0.398 e. The maximum atomic E-state index is 13.3. The first-order chi connectivity index (χ1) is 8.60. The molecule has 96 valence electrons. The van der Waals surface area contributed by atoms with Crippen molar-refractivity contribution in [2.75, 3.05) is 5.73 Å². The van der Waals surface area contributed by atoms with Gasteiger partial charge in [0.1, 0.15) is 5.82 Å². The molecule has 0 bridgehead atoms. The summed E-state index contributed by atoms with van der Waals surface area (Å²) in [4.78, 5) is 1.15. The average molecular weight is 330 g/mol. The molecule has 6 heteroatoms. The van der Waals surface area contributed by atoms with E-state index in [9.17, 15) is 4.39 Å². The van der Waals surface area contributed by atoms with E-state index in [0.717, 1.165) is 8.66 Å². The summed E-state index contributed by atoms with van der Waals surface area (Å²) in [6, 6.07) is 8.10. The molecule has 0 aliphatic rings. The molecule has 1 aromatic heterocycles. The molecule has 0 saturated heterocycles. The number of nitrogens with one attached hydrogen (secondary N) is 1. The summed E-state index contributed by atoms with van der Waals surface area (Å²) < 4.78 is 14.3. The van der Waals surface area contributed by atoms with E-state index in [0.29, 0.717) is 17.7 Å². The number of nitrogens with two attached hydrogens (primary N) is 2. The minimum absolute atomic E-state index is 0.203. The number of hydrogen-bond acceptors (Lipinski definition) is 4. The zero-order chi connectivity index (χ0) is 13.1. The molecule has 1 heterocycles. The standard InChI is InChI=1S/C12H13BrFN3S/c13-12-4-2-8(18-12)6-11(17-16)9-5-7(14)1-3-10(9)15/h1-5,11,17H,6,15-16H2. The van der Waals surface area contributed by atoms with Gasteiger partial charge in [0.15, 0.2) is 0 Å². The van der Waals surface area contributed by atoms with Gasteiger partial charge in [0.05, 0.1) is 9.83 Å². The Morgan fingerprint density at radius 3 is 2.72 bits per heavy atom. The van der Waals surface area contributed by atoms with Crippen molar-refractivity contribution in [3.8, 4) is 0 Å². The highest BCUT2D eigenvalue weighted by Crippen LogP contribution is 2.29. The van der Waals surface area contributed by atoms with E-state index in [1.807, 2.05) is 12.1 Å². The molecule has 3 nitrogen and oxygen atoms in total. The third-order valence-corrected chi connectivity index (χ3v) is 4.31. The van der Waals surface area contributed by atoms with Gasteiger partial charge in [0.2, 0.25) is 0 Å². The van der Waals surface area contributed by atoms with Gasteiger partial charge in [-0.3, -0.25) is 11.3 Å². The predicted molar refractivity (Wildman–Crippen MR) is 76.6 cm³/mol. The molecule has 2 aromatic rings. The molecular weight excluding hydrogens is 317 g/mol. The summed E-state index contributed by atoms with van der Waals surface area (Å²) in [5.41, 5.74) is 9.76. The summed E-state index contributed by atoms with van der Waals surface area (Å²) in [5, 5.41) is 0. The molecule has 0 saturated carbocycles. The fourth-order valence-electron chi connectivity index (χ4n) is 1.77. The molecule has 1 atom stereocenters. The molecule has 18 heavy (non-hydrogen) atoms. The Balaban J connectivity index is 2.25. The quantitative estimate of drug-likeness (QED) is 0.459. The van der Waals surface area contributed by atoms with E-state index in [-0.39, 0.29) is 11.9 Å². The lowest BCUT2D eigenvalue weighted by molar-refractivity contribution is 0.549. The molecule has 0 aliphatic carbocycles. The lowest BCUT2D eigenvalue weighted by Crippen LogP contribution is -2.30. The van der Waals surface area contributed by atoms with Crippen LogP contribution >= 0.6 is 27.3 Å². The van der Waals surface area contributed by atoms with Gasteiger partial charge in [-0.05, 0) is 51.8 Å². The molecular formula is C12H13BrFN3S. The fraction of sp³-hybridized carbons (Fsp3) is 0.167. The molecule has 0 radical (unpaired) electrons. The predicted octanol–water partition coefficient (Wildman–Crippen LogP) is 2.98. The molecule has 2 rings (SSSR count). The van der Waals surface area contributed by atoms with Crippen LogP contribution in [-0.2, 0) is 6.42 Å². The maximum Gasteiger partial charge on any atom is 0.123 e. The highest BCUT2D eigenvalue weighted by Gasteiger charge is 2.15. The smallest absolute Gasteiger partial charge is 0.123 e.